The Hall–Kier alpha value is -0.870. The maximum absolute atomic E-state index is 12.4. The van der Waals surface area contributed by atoms with E-state index < -0.39 is 5.54 Å². The first-order valence-corrected chi connectivity index (χ1v) is 7.13. The van der Waals surface area contributed by atoms with Gasteiger partial charge in [-0.15, -0.1) is 0 Å². The van der Waals surface area contributed by atoms with Crippen LogP contribution in [0.25, 0.3) is 0 Å². The Morgan fingerprint density at radius 1 is 1.44 bits per heavy atom. The lowest BCUT2D eigenvalue weighted by Gasteiger charge is -2.33. The Morgan fingerprint density at radius 3 is 2.89 bits per heavy atom. The minimum atomic E-state index is -0.437. The van der Waals surface area contributed by atoms with Crippen LogP contribution in [0.15, 0.2) is 22.7 Å². The van der Waals surface area contributed by atoms with Gasteiger partial charge in [-0.25, -0.2) is 0 Å². The average Bonchev–Trinajstić information content (AvgIpc) is 2.35. The van der Waals surface area contributed by atoms with E-state index in [1.54, 1.807) is 0 Å². The number of carbonyl (C=O) groups is 1. The first-order chi connectivity index (χ1) is 8.51. The summed E-state index contributed by atoms with van der Waals surface area (Å²) in [7, 11) is 0. The fraction of sp³-hybridized carbons (Fsp3) is 0.500. The molecule has 0 radical (unpaired) electrons. The van der Waals surface area contributed by atoms with Gasteiger partial charge in [0.2, 0.25) is 5.91 Å². The van der Waals surface area contributed by atoms with Crippen LogP contribution >= 0.6 is 15.9 Å². The number of piperidine rings is 1. The molecule has 0 aliphatic carbocycles. The van der Waals surface area contributed by atoms with Gasteiger partial charge < -0.3 is 10.6 Å². The number of hydrogen-bond acceptors (Lipinski definition) is 2. The zero-order valence-electron chi connectivity index (χ0n) is 10.8. The second-order valence-corrected chi connectivity index (χ2v) is 6.05. The molecule has 1 aliphatic rings. The van der Waals surface area contributed by atoms with Crippen LogP contribution in [0.4, 0.5) is 5.69 Å². The van der Waals surface area contributed by atoms with E-state index in [0.29, 0.717) is 0 Å². The van der Waals surface area contributed by atoms with E-state index in [9.17, 15) is 4.79 Å². The van der Waals surface area contributed by atoms with Crippen molar-refractivity contribution >= 4 is 27.5 Å². The Bertz CT molecular complexity index is 453. The number of amides is 1. The second-order valence-electron chi connectivity index (χ2n) is 5.13. The summed E-state index contributed by atoms with van der Waals surface area (Å²) in [5.74, 6) is 0.0587. The van der Waals surface area contributed by atoms with Crippen molar-refractivity contribution in [3.05, 3.63) is 28.2 Å². The summed E-state index contributed by atoms with van der Waals surface area (Å²) in [6.45, 7) is 4.90. The van der Waals surface area contributed by atoms with Crippen molar-refractivity contribution in [2.24, 2.45) is 0 Å². The molecular weight excluding hydrogens is 292 g/mol. The highest BCUT2D eigenvalue weighted by Gasteiger charge is 2.34. The Kier molecular flexibility index (Phi) is 4.07. The van der Waals surface area contributed by atoms with Crippen LogP contribution in [0.2, 0.25) is 0 Å². The second kappa shape index (κ2) is 5.41. The van der Waals surface area contributed by atoms with E-state index in [1.807, 2.05) is 32.0 Å². The highest BCUT2D eigenvalue weighted by Crippen LogP contribution is 2.24. The van der Waals surface area contributed by atoms with E-state index in [1.165, 1.54) is 0 Å². The molecule has 1 heterocycles. The SMILES string of the molecule is Cc1ccc(Br)cc1NC(=O)C1(C)CCCCN1. The van der Waals surface area contributed by atoms with Gasteiger partial charge in [0.25, 0.3) is 0 Å². The van der Waals surface area contributed by atoms with Crippen LogP contribution in [-0.4, -0.2) is 18.0 Å². The van der Waals surface area contributed by atoms with Crippen molar-refractivity contribution < 1.29 is 4.79 Å². The summed E-state index contributed by atoms with van der Waals surface area (Å²) in [6, 6.07) is 5.92. The number of nitrogens with one attached hydrogen (secondary N) is 2. The van der Waals surface area contributed by atoms with Crippen LogP contribution in [0, 0.1) is 6.92 Å². The van der Waals surface area contributed by atoms with Gasteiger partial charge in [0.05, 0.1) is 5.54 Å². The third kappa shape index (κ3) is 2.93. The Morgan fingerprint density at radius 2 is 2.22 bits per heavy atom. The van der Waals surface area contributed by atoms with Gasteiger partial charge in [-0.1, -0.05) is 22.0 Å². The molecule has 1 fully saturated rings. The largest absolute Gasteiger partial charge is 0.324 e. The lowest BCUT2D eigenvalue weighted by Crippen LogP contribution is -2.54. The molecule has 0 aromatic heterocycles. The monoisotopic (exact) mass is 310 g/mol. The number of benzene rings is 1. The molecule has 1 aromatic carbocycles. The van der Waals surface area contributed by atoms with Crippen molar-refractivity contribution in [3.8, 4) is 0 Å². The highest BCUT2D eigenvalue weighted by atomic mass is 79.9. The predicted octanol–water partition coefficient (Wildman–Crippen LogP) is 3.23. The molecule has 0 bridgehead atoms. The topological polar surface area (TPSA) is 41.1 Å². The van der Waals surface area contributed by atoms with E-state index in [-0.39, 0.29) is 5.91 Å². The number of rotatable bonds is 2. The number of hydrogen-bond donors (Lipinski definition) is 2. The molecule has 1 saturated heterocycles. The molecule has 1 aliphatic heterocycles. The molecule has 3 nitrogen and oxygen atoms in total. The zero-order chi connectivity index (χ0) is 13.2. The summed E-state index contributed by atoms with van der Waals surface area (Å²) in [5.41, 5.74) is 1.52. The molecule has 98 valence electrons. The van der Waals surface area contributed by atoms with Crippen LogP contribution in [0.1, 0.15) is 31.7 Å². The quantitative estimate of drug-likeness (QED) is 0.880. The number of aryl methyl sites for hydroxylation is 1. The number of anilines is 1. The number of halogens is 1. The van der Waals surface area contributed by atoms with Crippen molar-refractivity contribution in [2.45, 2.75) is 38.6 Å². The van der Waals surface area contributed by atoms with Gasteiger partial charge in [0, 0.05) is 10.2 Å². The summed E-state index contributed by atoms with van der Waals surface area (Å²) in [6.07, 6.45) is 3.15. The van der Waals surface area contributed by atoms with E-state index in [0.717, 1.165) is 41.5 Å². The minimum absolute atomic E-state index is 0.0587. The molecule has 2 rings (SSSR count). The Labute approximate surface area is 116 Å². The summed E-state index contributed by atoms with van der Waals surface area (Å²) < 4.78 is 0.977. The van der Waals surface area contributed by atoms with Crippen LogP contribution in [0.3, 0.4) is 0 Å². The van der Waals surface area contributed by atoms with Crippen molar-refractivity contribution in [1.82, 2.24) is 5.32 Å². The third-order valence-electron chi connectivity index (χ3n) is 3.57. The summed E-state index contributed by atoms with van der Waals surface area (Å²) >= 11 is 3.43. The van der Waals surface area contributed by atoms with Crippen LogP contribution in [-0.2, 0) is 4.79 Å². The fourth-order valence-corrected chi connectivity index (χ4v) is 2.60. The molecule has 0 spiro atoms. The van der Waals surface area contributed by atoms with Gasteiger partial charge >= 0.3 is 0 Å². The molecule has 1 unspecified atom stereocenters. The van der Waals surface area contributed by atoms with E-state index in [2.05, 4.69) is 26.6 Å². The molecule has 2 N–H and O–H groups in total. The minimum Gasteiger partial charge on any atom is -0.324 e. The maximum atomic E-state index is 12.4. The van der Waals surface area contributed by atoms with Crippen LogP contribution in [0.5, 0.6) is 0 Å². The van der Waals surface area contributed by atoms with Gasteiger partial charge in [-0.05, 0) is 57.4 Å². The van der Waals surface area contributed by atoms with Gasteiger partial charge in [0.1, 0.15) is 0 Å². The molecule has 18 heavy (non-hydrogen) atoms. The average molecular weight is 311 g/mol. The van der Waals surface area contributed by atoms with E-state index in [4.69, 9.17) is 0 Å². The fourth-order valence-electron chi connectivity index (χ4n) is 2.24. The normalized spacial score (nSPS) is 23.7. The lowest BCUT2D eigenvalue weighted by atomic mass is 9.90. The molecule has 1 aromatic rings. The van der Waals surface area contributed by atoms with Gasteiger partial charge in [0.15, 0.2) is 0 Å². The smallest absolute Gasteiger partial charge is 0.244 e. The lowest BCUT2D eigenvalue weighted by molar-refractivity contribution is -0.122. The number of carbonyl (C=O) groups excluding carboxylic acids is 1. The summed E-state index contributed by atoms with van der Waals surface area (Å²) in [5, 5.41) is 6.36. The maximum Gasteiger partial charge on any atom is 0.244 e. The van der Waals surface area contributed by atoms with Crippen molar-refractivity contribution in [1.29, 1.82) is 0 Å². The summed E-state index contributed by atoms with van der Waals surface area (Å²) in [4.78, 5) is 12.4. The van der Waals surface area contributed by atoms with Crippen LogP contribution < -0.4 is 10.6 Å². The molecule has 4 heteroatoms. The predicted molar refractivity (Wildman–Crippen MR) is 77.8 cm³/mol. The third-order valence-corrected chi connectivity index (χ3v) is 4.06. The molecule has 1 atom stereocenters. The molecule has 1 amide bonds. The zero-order valence-corrected chi connectivity index (χ0v) is 12.4. The standard InChI is InChI=1S/C14H19BrN2O/c1-10-5-6-11(15)9-12(10)17-13(18)14(2)7-3-4-8-16-14/h5-6,9,16H,3-4,7-8H2,1-2H3,(H,17,18). The van der Waals surface area contributed by atoms with E-state index >= 15 is 0 Å². The first kappa shape index (κ1) is 13.6. The Balaban J connectivity index is 2.13. The van der Waals surface area contributed by atoms with Crippen molar-refractivity contribution in [3.63, 3.8) is 0 Å². The molecule has 0 saturated carbocycles. The molecular formula is C14H19BrN2O. The first-order valence-electron chi connectivity index (χ1n) is 6.34. The highest BCUT2D eigenvalue weighted by molar-refractivity contribution is 9.10. The van der Waals surface area contributed by atoms with Gasteiger partial charge in [-0.2, -0.15) is 0 Å². The van der Waals surface area contributed by atoms with Crippen molar-refractivity contribution in [2.75, 3.05) is 11.9 Å². The van der Waals surface area contributed by atoms with Gasteiger partial charge in [-0.3, -0.25) is 4.79 Å².